The molecule has 0 aliphatic carbocycles. The number of piperidine rings is 1. The van der Waals surface area contributed by atoms with Crippen molar-refractivity contribution in [2.24, 2.45) is 5.16 Å². The fourth-order valence-corrected chi connectivity index (χ4v) is 3.71. The van der Waals surface area contributed by atoms with Crippen LogP contribution < -0.4 is 5.32 Å². The van der Waals surface area contributed by atoms with Gasteiger partial charge in [-0.05, 0) is 36.5 Å². The van der Waals surface area contributed by atoms with E-state index in [1.54, 1.807) is 10.3 Å². The third kappa shape index (κ3) is 3.30. The molecule has 1 aromatic heterocycles. The number of carbonyl (C=O) groups is 2. The van der Waals surface area contributed by atoms with Crippen molar-refractivity contribution in [2.45, 2.75) is 24.9 Å². The minimum absolute atomic E-state index is 0.163. The van der Waals surface area contributed by atoms with Crippen molar-refractivity contribution in [1.29, 1.82) is 0 Å². The van der Waals surface area contributed by atoms with Crippen LogP contribution in [-0.2, 0) is 9.63 Å². The predicted molar refractivity (Wildman–Crippen MR) is 96.0 cm³/mol. The Labute approximate surface area is 154 Å². The molecule has 1 atom stereocenters. The van der Waals surface area contributed by atoms with Crippen LogP contribution >= 0.6 is 11.5 Å². The highest BCUT2D eigenvalue weighted by Gasteiger charge is 2.45. The van der Waals surface area contributed by atoms with E-state index >= 15 is 0 Å². The average molecular weight is 371 g/mol. The zero-order valence-electron chi connectivity index (χ0n) is 13.9. The zero-order chi connectivity index (χ0) is 18.0. The summed E-state index contributed by atoms with van der Waals surface area (Å²) in [5.41, 5.74) is 0.755. The number of hydrogen-bond acceptors (Lipinski definition) is 7. The van der Waals surface area contributed by atoms with Crippen molar-refractivity contribution < 1.29 is 14.4 Å². The maximum atomic E-state index is 12.5. The number of anilines is 1. The molecule has 1 unspecified atom stereocenters. The van der Waals surface area contributed by atoms with Crippen molar-refractivity contribution in [1.82, 2.24) is 14.5 Å². The standard InChI is InChI=1S/C17H17N5O3S/c23-15(18-12-5-2-1-3-6-12)13-9-17(25-20-13)7-4-8-22(11-17)16(24)14-10-26-21-19-14/h1-3,5-6,10H,4,7-9,11H2,(H,18,23). The van der Waals surface area contributed by atoms with Crippen molar-refractivity contribution in [2.75, 3.05) is 18.4 Å². The monoisotopic (exact) mass is 371 g/mol. The Morgan fingerprint density at radius 3 is 2.88 bits per heavy atom. The highest BCUT2D eigenvalue weighted by Crippen LogP contribution is 2.34. The molecule has 1 N–H and O–H groups in total. The molecule has 26 heavy (non-hydrogen) atoms. The maximum Gasteiger partial charge on any atom is 0.275 e. The molecule has 2 aromatic rings. The Morgan fingerprint density at radius 1 is 1.27 bits per heavy atom. The normalized spacial score (nSPS) is 22.0. The Hall–Kier alpha value is -2.81. The fraction of sp³-hybridized carbons (Fsp3) is 0.353. The molecule has 9 heteroatoms. The first-order chi connectivity index (χ1) is 12.7. The van der Waals surface area contributed by atoms with Crippen LogP contribution in [0, 0.1) is 0 Å². The molecule has 0 radical (unpaired) electrons. The van der Waals surface area contributed by atoms with Gasteiger partial charge < -0.3 is 15.1 Å². The summed E-state index contributed by atoms with van der Waals surface area (Å²) in [4.78, 5) is 32.3. The molecule has 8 nitrogen and oxygen atoms in total. The lowest BCUT2D eigenvalue weighted by Gasteiger charge is -2.37. The van der Waals surface area contributed by atoms with Crippen LogP contribution in [-0.4, -0.2) is 50.7 Å². The van der Waals surface area contributed by atoms with Crippen molar-refractivity contribution in [3.63, 3.8) is 0 Å². The van der Waals surface area contributed by atoms with Gasteiger partial charge in [-0.15, -0.1) is 5.10 Å². The Bertz CT molecular complexity index is 839. The lowest BCUT2D eigenvalue weighted by atomic mass is 9.88. The van der Waals surface area contributed by atoms with E-state index in [1.165, 1.54) is 0 Å². The number of aromatic nitrogens is 2. The number of para-hydroxylation sites is 1. The van der Waals surface area contributed by atoms with Gasteiger partial charge >= 0.3 is 0 Å². The number of rotatable bonds is 3. The summed E-state index contributed by atoms with van der Waals surface area (Å²) in [5.74, 6) is -0.441. The van der Waals surface area contributed by atoms with Crippen LogP contribution in [0.15, 0.2) is 40.9 Å². The Kier molecular flexibility index (Phi) is 4.37. The van der Waals surface area contributed by atoms with Gasteiger partial charge in [-0.25, -0.2) is 0 Å². The molecular formula is C17H17N5O3S. The summed E-state index contributed by atoms with van der Waals surface area (Å²) in [6, 6.07) is 9.20. The molecule has 2 aliphatic rings. The smallest absolute Gasteiger partial charge is 0.275 e. The van der Waals surface area contributed by atoms with Crippen molar-refractivity contribution >= 4 is 34.7 Å². The number of hydrogen-bond donors (Lipinski definition) is 1. The van der Waals surface area contributed by atoms with Crippen LogP contribution in [0.4, 0.5) is 5.69 Å². The summed E-state index contributed by atoms with van der Waals surface area (Å²) >= 11 is 1.15. The maximum absolute atomic E-state index is 12.5. The summed E-state index contributed by atoms with van der Waals surface area (Å²) in [5, 5.41) is 12.3. The van der Waals surface area contributed by atoms with Gasteiger partial charge in [0.1, 0.15) is 5.71 Å². The summed E-state index contributed by atoms with van der Waals surface area (Å²) in [7, 11) is 0. The third-order valence-electron chi connectivity index (χ3n) is 4.54. The molecule has 0 bridgehead atoms. The van der Waals surface area contributed by atoms with Crippen LogP contribution in [0.2, 0.25) is 0 Å². The van der Waals surface area contributed by atoms with Crippen LogP contribution in [0.3, 0.4) is 0 Å². The molecule has 1 aromatic carbocycles. The molecule has 3 heterocycles. The number of benzene rings is 1. The number of oxime groups is 1. The number of nitrogens with one attached hydrogen (secondary N) is 1. The lowest BCUT2D eigenvalue weighted by molar-refractivity contribution is -0.110. The molecule has 1 saturated heterocycles. The van der Waals surface area contributed by atoms with E-state index in [2.05, 4.69) is 20.1 Å². The van der Waals surface area contributed by atoms with E-state index in [4.69, 9.17) is 4.84 Å². The number of likely N-dealkylation sites (tertiary alicyclic amines) is 1. The van der Waals surface area contributed by atoms with Gasteiger partial charge in [0.25, 0.3) is 11.8 Å². The van der Waals surface area contributed by atoms with Gasteiger partial charge in [-0.1, -0.05) is 27.8 Å². The Balaban J connectivity index is 1.41. The third-order valence-corrected chi connectivity index (χ3v) is 5.04. The minimum atomic E-state index is -0.638. The molecule has 1 spiro atoms. The zero-order valence-corrected chi connectivity index (χ0v) is 14.7. The highest BCUT2D eigenvalue weighted by atomic mass is 32.1. The second kappa shape index (κ2) is 6.83. The molecule has 2 amide bonds. The fourth-order valence-electron chi connectivity index (χ4n) is 3.28. The van der Waals surface area contributed by atoms with Crippen LogP contribution in [0.5, 0.6) is 0 Å². The van der Waals surface area contributed by atoms with Crippen molar-refractivity contribution in [3.05, 3.63) is 41.4 Å². The second-order valence-electron chi connectivity index (χ2n) is 6.43. The van der Waals surface area contributed by atoms with E-state index in [0.717, 1.165) is 24.4 Å². The number of carbonyl (C=O) groups excluding carboxylic acids is 2. The van der Waals surface area contributed by atoms with E-state index in [1.807, 2.05) is 30.3 Å². The van der Waals surface area contributed by atoms with Crippen LogP contribution in [0.1, 0.15) is 29.8 Å². The van der Waals surface area contributed by atoms with E-state index < -0.39 is 5.60 Å². The lowest BCUT2D eigenvalue weighted by Crippen LogP contribution is -2.50. The van der Waals surface area contributed by atoms with Gasteiger partial charge in [-0.2, -0.15) is 0 Å². The number of nitrogens with zero attached hydrogens (tertiary/aromatic N) is 4. The van der Waals surface area contributed by atoms with E-state index in [-0.39, 0.29) is 11.8 Å². The Morgan fingerprint density at radius 2 is 2.12 bits per heavy atom. The van der Waals surface area contributed by atoms with E-state index in [9.17, 15) is 9.59 Å². The van der Waals surface area contributed by atoms with E-state index in [0.29, 0.717) is 36.6 Å². The molecule has 0 saturated carbocycles. The minimum Gasteiger partial charge on any atom is -0.386 e. The second-order valence-corrected chi connectivity index (χ2v) is 7.04. The van der Waals surface area contributed by atoms with Gasteiger partial charge in [0.15, 0.2) is 11.3 Å². The first-order valence-electron chi connectivity index (χ1n) is 8.33. The number of amides is 2. The van der Waals surface area contributed by atoms with Crippen LogP contribution in [0.25, 0.3) is 0 Å². The molecular weight excluding hydrogens is 354 g/mol. The van der Waals surface area contributed by atoms with Gasteiger partial charge in [0.2, 0.25) is 0 Å². The predicted octanol–water partition coefficient (Wildman–Crippen LogP) is 1.93. The first kappa shape index (κ1) is 16.6. The molecule has 2 aliphatic heterocycles. The first-order valence-corrected chi connectivity index (χ1v) is 9.17. The van der Waals surface area contributed by atoms with Gasteiger partial charge in [-0.3, -0.25) is 9.59 Å². The molecule has 4 rings (SSSR count). The largest absolute Gasteiger partial charge is 0.386 e. The summed E-state index contributed by atoms with van der Waals surface area (Å²) < 4.78 is 3.74. The summed E-state index contributed by atoms with van der Waals surface area (Å²) in [6.45, 7) is 1.02. The average Bonchev–Trinajstić information content (AvgIpc) is 3.33. The van der Waals surface area contributed by atoms with Gasteiger partial charge in [0, 0.05) is 24.0 Å². The van der Waals surface area contributed by atoms with Crippen molar-refractivity contribution in [3.8, 4) is 0 Å². The topological polar surface area (TPSA) is 96.8 Å². The summed E-state index contributed by atoms with van der Waals surface area (Å²) in [6.07, 6.45) is 1.91. The SMILES string of the molecule is O=C(Nc1ccccc1)C1=NOC2(CCCN(C(=O)c3csnn3)C2)C1. The van der Waals surface area contributed by atoms with Gasteiger partial charge in [0.05, 0.1) is 6.54 Å². The quantitative estimate of drug-likeness (QED) is 0.889. The highest BCUT2D eigenvalue weighted by molar-refractivity contribution is 7.03. The molecule has 134 valence electrons. The molecule has 1 fully saturated rings.